The highest BCUT2D eigenvalue weighted by atomic mass is 19.1. The maximum absolute atomic E-state index is 12.8. The first-order chi connectivity index (χ1) is 8.90. The number of rotatable bonds is 3. The van der Waals surface area contributed by atoms with Gasteiger partial charge in [-0.3, -0.25) is 4.79 Å². The molecule has 0 radical (unpaired) electrons. The van der Waals surface area contributed by atoms with Crippen LogP contribution >= 0.6 is 0 Å². The van der Waals surface area contributed by atoms with Crippen molar-refractivity contribution in [1.29, 1.82) is 0 Å². The van der Waals surface area contributed by atoms with Gasteiger partial charge in [0.25, 0.3) is 0 Å². The zero-order chi connectivity index (χ0) is 14.0. The van der Waals surface area contributed by atoms with Crippen LogP contribution in [0.15, 0.2) is 24.3 Å². The predicted molar refractivity (Wildman–Crippen MR) is 71.1 cm³/mol. The van der Waals surface area contributed by atoms with Gasteiger partial charge in [0.05, 0.1) is 12.1 Å². The van der Waals surface area contributed by atoms with E-state index in [9.17, 15) is 9.18 Å². The first kappa shape index (κ1) is 14.0. The van der Waals surface area contributed by atoms with Gasteiger partial charge in [0.2, 0.25) is 5.91 Å². The van der Waals surface area contributed by atoms with Crippen molar-refractivity contribution in [3.05, 3.63) is 35.6 Å². The normalized spacial score (nSPS) is 21.7. The summed E-state index contributed by atoms with van der Waals surface area (Å²) in [6, 6.07) is 6.28. The Bertz CT molecular complexity index is 456. The highest BCUT2D eigenvalue weighted by Crippen LogP contribution is 2.27. The van der Waals surface area contributed by atoms with Crippen molar-refractivity contribution in [1.82, 2.24) is 4.90 Å². The Hall–Kier alpha value is -1.42. The molecule has 1 aliphatic rings. The van der Waals surface area contributed by atoms with Gasteiger partial charge < -0.3 is 9.64 Å². The van der Waals surface area contributed by atoms with Gasteiger partial charge in [-0.05, 0) is 44.9 Å². The molecule has 0 aliphatic carbocycles. The van der Waals surface area contributed by atoms with Crippen LogP contribution in [0, 0.1) is 5.82 Å². The molecular weight excluding hydrogens is 245 g/mol. The van der Waals surface area contributed by atoms with Crippen molar-refractivity contribution < 1.29 is 13.9 Å². The average Bonchev–Trinajstić information content (AvgIpc) is 2.62. The molecule has 2 rings (SSSR count). The van der Waals surface area contributed by atoms with E-state index in [1.165, 1.54) is 12.1 Å². The molecule has 1 heterocycles. The summed E-state index contributed by atoms with van der Waals surface area (Å²) in [5.41, 5.74) is 0.722. The fourth-order valence-corrected chi connectivity index (χ4v) is 2.52. The van der Waals surface area contributed by atoms with E-state index >= 15 is 0 Å². The Balaban J connectivity index is 1.96. The highest BCUT2D eigenvalue weighted by Gasteiger charge is 2.40. The number of amides is 1. The minimum Gasteiger partial charge on any atom is -0.356 e. The molecule has 0 aromatic heterocycles. The van der Waals surface area contributed by atoms with Crippen molar-refractivity contribution >= 4 is 5.91 Å². The summed E-state index contributed by atoms with van der Waals surface area (Å²) in [6.45, 7) is 6.47. The van der Waals surface area contributed by atoms with Gasteiger partial charge in [-0.15, -0.1) is 0 Å². The first-order valence-electron chi connectivity index (χ1n) is 6.58. The maximum Gasteiger partial charge on any atom is 0.225 e. The van der Waals surface area contributed by atoms with Crippen LogP contribution in [0.25, 0.3) is 0 Å². The minimum absolute atomic E-state index is 0.0827. The van der Waals surface area contributed by atoms with E-state index in [4.69, 9.17) is 4.74 Å². The second kappa shape index (κ2) is 5.29. The molecule has 1 aromatic carbocycles. The Morgan fingerprint density at radius 3 is 2.58 bits per heavy atom. The third-order valence-corrected chi connectivity index (χ3v) is 3.50. The van der Waals surface area contributed by atoms with Gasteiger partial charge in [-0.1, -0.05) is 12.1 Å². The summed E-state index contributed by atoms with van der Waals surface area (Å²) in [7, 11) is 0. The largest absolute Gasteiger partial charge is 0.356 e. The van der Waals surface area contributed by atoms with Crippen LogP contribution in [0.3, 0.4) is 0 Å². The molecule has 0 bridgehead atoms. The van der Waals surface area contributed by atoms with Gasteiger partial charge in [-0.25, -0.2) is 4.39 Å². The van der Waals surface area contributed by atoms with Gasteiger partial charge in [0, 0.05) is 6.42 Å². The molecule has 1 aliphatic heterocycles. The summed E-state index contributed by atoms with van der Waals surface area (Å²) in [4.78, 5) is 14.1. The first-order valence-corrected chi connectivity index (χ1v) is 6.58. The number of carbonyl (C=O) groups is 1. The number of nitrogens with zero attached hydrogens (tertiary/aromatic N) is 1. The standard InChI is InChI=1S/C15H20FNO2/c1-11-17(15(2,3)10-19-11)14(18)9-6-12-4-7-13(16)8-5-12/h4-5,7-8,11H,6,9-10H2,1-3H3. The number of aryl methyl sites for hydroxylation is 1. The van der Waals surface area contributed by atoms with Crippen LogP contribution in [-0.4, -0.2) is 29.2 Å². The van der Waals surface area contributed by atoms with Gasteiger partial charge in [0.15, 0.2) is 0 Å². The number of hydrogen-bond acceptors (Lipinski definition) is 2. The van der Waals surface area contributed by atoms with Crippen molar-refractivity contribution in [2.75, 3.05) is 6.61 Å². The van der Waals surface area contributed by atoms with Crippen molar-refractivity contribution in [3.63, 3.8) is 0 Å². The zero-order valence-corrected chi connectivity index (χ0v) is 11.6. The van der Waals surface area contributed by atoms with Gasteiger partial charge in [0.1, 0.15) is 12.0 Å². The monoisotopic (exact) mass is 265 g/mol. The predicted octanol–water partition coefficient (Wildman–Crippen LogP) is 2.74. The van der Waals surface area contributed by atoms with E-state index < -0.39 is 0 Å². The molecular formula is C15H20FNO2. The number of halogens is 1. The Kier molecular flexibility index (Phi) is 3.90. The number of ether oxygens (including phenoxy) is 1. The molecule has 0 N–H and O–H groups in total. The molecule has 1 aromatic rings. The van der Waals surface area contributed by atoms with E-state index in [1.54, 1.807) is 17.0 Å². The second-order valence-electron chi connectivity index (χ2n) is 5.61. The Morgan fingerprint density at radius 2 is 2.05 bits per heavy atom. The summed E-state index contributed by atoms with van der Waals surface area (Å²) in [5, 5.41) is 0. The third-order valence-electron chi connectivity index (χ3n) is 3.50. The van der Waals surface area contributed by atoms with Crippen LogP contribution in [-0.2, 0) is 16.0 Å². The van der Waals surface area contributed by atoms with Crippen molar-refractivity contribution in [2.45, 2.75) is 45.4 Å². The quantitative estimate of drug-likeness (QED) is 0.841. The lowest BCUT2D eigenvalue weighted by Gasteiger charge is -2.32. The number of benzene rings is 1. The van der Waals surface area contributed by atoms with Crippen molar-refractivity contribution in [3.8, 4) is 0 Å². The lowest BCUT2D eigenvalue weighted by Crippen LogP contribution is -2.47. The van der Waals surface area contributed by atoms with E-state index in [0.717, 1.165) is 5.56 Å². The third kappa shape index (κ3) is 3.13. The van der Waals surface area contributed by atoms with Gasteiger partial charge >= 0.3 is 0 Å². The Morgan fingerprint density at radius 1 is 1.42 bits per heavy atom. The van der Waals surface area contributed by atoms with Crippen molar-refractivity contribution in [2.24, 2.45) is 0 Å². The van der Waals surface area contributed by atoms with Crippen LogP contribution < -0.4 is 0 Å². The van der Waals surface area contributed by atoms with Crippen LogP contribution in [0.1, 0.15) is 32.8 Å². The van der Waals surface area contributed by atoms with Crippen LogP contribution in [0.4, 0.5) is 4.39 Å². The number of hydrogen-bond donors (Lipinski definition) is 0. The zero-order valence-electron chi connectivity index (χ0n) is 11.6. The highest BCUT2D eigenvalue weighted by molar-refractivity contribution is 5.77. The molecule has 0 spiro atoms. The molecule has 1 atom stereocenters. The summed E-state index contributed by atoms with van der Waals surface area (Å²) in [5.74, 6) is -0.169. The smallest absolute Gasteiger partial charge is 0.225 e. The van der Waals surface area contributed by atoms with E-state index in [1.807, 2.05) is 20.8 Å². The summed E-state index contributed by atoms with van der Waals surface area (Å²) in [6.07, 6.45) is 0.872. The molecule has 1 unspecified atom stereocenters. The molecule has 1 amide bonds. The molecule has 1 fully saturated rings. The second-order valence-corrected chi connectivity index (χ2v) is 5.61. The van der Waals surface area contributed by atoms with E-state index in [-0.39, 0.29) is 23.5 Å². The summed E-state index contributed by atoms with van der Waals surface area (Å²) >= 11 is 0. The van der Waals surface area contributed by atoms with E-state index in [0.29, 0.717) is 19.4 Å². The van der Waals surface area contributed by atoms with Crippen LogP contribution in [0.2, 0.25) is 0 Å². The minimum atomic E-state index is -0.252. The molecule has 0 saturated carbocycles. The molecule has 3 nitrogen and oxygen atoms in total. The maximum atomic E-state index is 12.8. The molecule has 19 heavy (non-hydrogen) atoms. The topological polar surface area (TPSA) is 29.5 Å². The Labute approximate surface area is 113 Å². The van der Waals surface area contributed by atoms with Crippen LogP contribution in [0.5, 0.6) is 0 Å². The SMILES string of the molecule is CC1OCC(C)(C)N1C(=O)CCc1ccc(F)cc1. The van der Waals surface area contributed by atoms with E-state index in [2.05, 4.69) is 0 Å². The van der Waals surface area contributed by atoms with Gasteiger partial charge in [-0.2, -0.15) is 0 Å². The summed E-state index contributed by atoms with van der Waals surface area (Å²) < 4.78 is 18.3. The molecule has 1 saturated heterocycles. The fraction of sp³-hybridized carbons (Fsp3) is 0.533. The average molecular weight is 265 g/mol. The fourth-order valence-electron chi connectivity index (χ4n) is 2.52. The number of carbonyl (C=O) groups excluding carboxylic acids is 1. The lowest BCUT2D eigenvalue weighted by molar-refractivity contribution is -0.139. The molecule has 104 valence electrons. The molecule has 4 heteroatoms. The lowest BCUT2D eigenvalue weighted by atomic mass is 10.0.